The lowest BCUT2D eigenvalue weighted by Crippen LogP contribution is -2.24. The lowest BCUT2D eigenvalue weighted by molar-refractivity contribution is -0.118. The maximum Gasteiger partial charge on any atom is 0.230 e. The fraction of sp³-hybridized carbons (Fsp3) is 0.167. The molecule has 0 unspecified atom stereocenters. The summed E-state index contributed by atoms with van der Waals surface area (Å²) in [5, 5.41) is 9.58. The van der Waals surface area contributed by atoms with Gasteiger partial charge in [0.15, 0.2) is 0 Å². The number of thioether (sulfide) groups is 1. The summed E-state index contributed by atoms with van der Waals surface area (Å²) in [6, 6.07) is 13.5. The fourth-order valence-corrected chi connectivity index (χ4v) is 3.68. The van der Waals surface area contributed by atoms with E-state index in [1.54, 1.807) is 11.3 Å². The van der Waals surface area contributed by atoms with Crippen molar-refractivity contribution in [2.75, 3.05) is 11.1 Å². The molecule has 3 aromatic rings. The molecule has 8 heteroatoms. The number of carbonyl (C=O) groups is 1. The minimum Gasteiger partial charge on any atom is -0.366 e. The number of hydrogen-bond donors (Lipinski definition) is 2. The van der Waals surface area contributed by atoms with Gasteiger partial charge in [-0.1, -0.05) is 47.6 Å². The molecule has 1 amide bonds. The quantitative estimate of drug-likeness (QED) is 0.434. The van der Waals surface area contributed by atoms with Crippen LogP contribution in [0.3, 0.4) is 0 Å². The van der Waals surface area contributed by atoms with Gasteiger partial charge in [0.2, 0.25) is 5.91 Å². The second-order valence-electron chi connectivity index (χ2n) is 5.33. The zero-order valence-electron chi connectivity index (χ0n) is 13.8. The first kappa shape index (κ1) is 18.7. The van der Waals surface area contributed by atoms with Crippen molar-refractivity contribution in [3.8, 4) is 0 Å². The minimum absolute atomic E-state index is 0.0208. The Labute approximate surface area is 165 Å². The third-order valence-corrected chi connectivity index (χ3v) is 5.62. The van der Waals surface area contributed by atoms with Crippen molar-refractivity contribution >= 4 is 46.4 Å². The smallest absolute Gasteiger partial charge is 0.230 e. The molecular weight excluding hydrogens is 388 g/mol. The largest absolute Gasteiger partial charge is 0.366 e. The highest BCUT2D eigenvalue weighted by Gasteiger charge is 2.06. The lowest BCUT2D eigenvalue weighted by Gasteiger charge is -2.08. The van der Waals surface area contributed by atoms with Gasteiger partial charge in [0.05, 0.1) is 12.3 Å². The van der Waals surface area contributed by atoms with Gasteiger partial charge in [0, 0.05) is 22.5 Å². The van der Waals surface area contributed by atoms with Crippen molar-refractivity contribution < 1.29 is 4.79 Å². The predicted molar refractivity (Wildman–Crippen MR) is 108 cm³/mol. The molecule has 2 N–H and O–H groups in total. The van der Waals surface area contributed by atoms with Crippen LogP contribution < -0.4 is 10.6 Å². The molecule has 0 aliphatic heterocycles. The van der Waals surface area contributed by atoms with Crippen LogP contribution in [0.15, 0.2) is 59.2 Å². The molecule has 2 aromatic heterocycles. The summed E-state index contributed by atoms with van der Waals surface area (Å²) >= 11 is 9.16. The van der Waals surface area contributed by atoms with E-state index in [4.69, 9.17) is 11.6 Å². The monoisotopic (exact) mass is 404 g/mol. The molecule has 26 heavy (non-hydrogen) atoms. The zero-order valence-corrected chi connectivity index (χ0v) is 16.2. The second kappa shape index (κ2) is 9.56. The average Bonchev–Trinajstić information content (AvgIpc) is 3.18. The van der Waals surface area contributed by atoms with Gasteiger partial charge in [-0.2, -0.15) is 0 Å². The minimum atomic E-state index is -0.0208. The Kier molecular flexibility index (Phi) is 6.88. The third-order valence-electron chi connectivity index (χ3n) is 3.45. The molecular formula is C18H17ClN4OS2. The van der Waals surface area contributed by atoms with Gasteiger partial charge >= 0.3 is 0 Å². The van der Waals surface area contributed by atoms with E-state index in [9.17, 15) is 4.79 Å². The highest BCUT2D eigenvalue weighted by Crippen LogP contribution is 2.19. The van der Waals surface area contributed by atoms with Crippen LogP contribution in [-0.2, 0) is 17.9 Å². The summed E-state index contributed by atoms with van der Waals surface area (Å²) in [6.45, 7) is 1.13. The van der Waals surface area contributed by atoms with Gasteiger partial charge in [-0.3, -0.25) is 4.79 Å². The molecule has 0 spiro atoms. The molecule has 1 aromatic carbocycles. The topological polar surface area (TPSA) is 66.9 Å². The lowest BCUT2D eigenvalue weighted by atomic mass is 10.2. The van der Waals surface area contributed by atoms with E-state index < -0.39 is 0 Å². The Hall–Kier alpha value is -2.09. The number of nitrogens with zero attached hydrogens (tertiary/aromatic N) is 2. The van der Waals surface area contributed by atoms with E-state index in [1.807, 2.05) is 47.8 Å². The van der Waals surface area contributed by atoms with Gasteiger partial charge in [0.1, 0.15) is 17.2 Å². The standard InChI is InChI=1S/C18H17ClN4OS2/c19-15-6-2-1-4-13(15)9-20-16-8-18(23-12-22-16)26-11-17(24)21-10-14-5-3-7-25-14/h1-8,12H,9-11H2,(H,21,24)(H,20,22,23). The second-order valence-corrected chi connectivity index (χ2v) is 7.77. The van der Waals surface area contributed by atoms with E-state index in [0.717, 1.165) is 15.5 Å². The van der Waals surface area contributed by atoms with Gasteiger partial charge in [-0.15, -0.1) is 11.3 Å². The zero-order chi connectivity index (χ0) is 18.2. The number of amides is 1. The van der Waals surface area contributed by atoms with Crippen LogP contribution in [-0.4, -0.2) is 21.6 Å². The predicted octanol–water partition coefficient (Wildman–Crippen LogP) is 4.21. The van der Waals surface area contributed by atoms with Gasteiger partial charge < -0.3 is 10.6 Å². The summed E-state index contributed by atoms with van der Waals surface area (Å²) in [7, 11) is 0. The first-order chi connectivity index (χ1) is 12.7. The van der Waals surface area contributed by atoms with Crippen LogP contribution in [0.25, 0.3) is 0 Å². The molecule has 0 fully saturated rings. The SMILES string of the molecule is O=C(CSc1cc(NCc2ccccc2Cl)ncn1)NCc1cccs1. The Morgan fingerprint density at radius 1 is 1.15 bits per heavy atom. The van der Waals surface area contributed by atoms with Crippen molar-refractivity contribution in [1.82, 2.24) is 15.3 Å². The summed E-state index contributed by atoms with van der Waals surface area (Å²) in [4.78, 5) is 21.5. The molecule has 134 valence electrons. The van der Waals surface area contributed by atoms with Gasteiger partial charge in [-0.05, 0) is 23.1 Å². The molecule has 5 nitrogen and oxygen atoms in total. The number of aromatic nitrogens is 2. The summed E-state index contributed by atoms with van der Waals surface area (Å²) in [5.74, 6) is 0.987. The van der Waals surface area contributed by atoms with Crippen LogP contribution in [0.5, 0.6) is 0 Å². The van der Waals surface area contributed by atoms with Crippen LogP contribution in [0.1, 0.15) is 10.4 Å². The molecule has 0 radical (unpaired) electrons. The Morgan fingerprint density at radius 3 is 2.85 bits per heavy atom. The Morgan fingerprint density at radius 2 is 2.04 bits per heavy atom. The van der Waals surface area contributed by atoms with E-state index in [-0.39, 0.29) is 5.91 Å². The van der Waals surface area contributed by atoms with E-state index >= 15 is 0 Å². The highest BCUT2D eigenvalue weighted by atomic mass is 35.5. The molecule has 2 heterocycles. The first-order valence-electron chi connectivity index (χ1n) is 7.92. The van der Waals surface area contributed by atoms with E-state index in [0.29, 0.717) is 29.7 Å². The maximum atomic E-state index is 11.9. The normalized spacial score (nSPS) is 10.5. The molecule has 0 saturated heterocycles. The number of carbonyl (C=O) groups excluding carboxylic acids is 1. The number of rotatable bonds is 8. The van der Waals surface area contributed by atoms with Crippen LogP contribution in [0, 0.1) is 0 Å². The Balaban J connectivity index is 1.47. The maximum absolute atomic E-state index is 11.9. The summed E-state index contributed by atoms with van der Waals surface area (Å²) in [5.41, 5.74) is 0.995. The molecule has 0 atom stereocenters. The van der Waals surface area contributed by atoms with Crippen molar-refractivity contribution in [2.45, 2.75) is 18.1 Å². The van der Waals surface area contributed by atoms with Crippen molar-refractivity contribution in [3.05, 3.63) is 69.6 Å². The number of halogens is 1. The van der Waals surface area contributed by atoms with E-state index in [1.165, 1.54) is 18.1 Å². The first-order valence-corrected chi connectivity index (χ1v) is 10.2. The summed E-state index contributed by atoms with van der Waals surface area (Å²) < 4.78 is 0. The molecule has 0 bridgehead atoms. The fourth-order valence-electron chi connectivity index (χ4n) is 2.13. The van der Waals surface area contributed by atoms with Crippen molar-refractivity contribution in [1.29, 1.82) is 0 Å². The van der Waals surface area contributed by atoms with Crippen molar-refractivity contribution in [2.24, 2.45) is 0 Å². The molecule has 0 aliphatic carbocycles. The average molecular weight is 405 g/mol. The molecule has 0 aliphatic rings. The number of thiophene rings is 1. The molecule has 0 saturated carbocycles. The summed E-state index contributed by atoms with van der Waals surface area (Å²) in [6.07, 6.45) is 1.49. The van der Waals surface area contributed by atoms with Crippen molar-refractivity contribution in [3.63, 3.8) is 0 Å². The number of anilines is 1. The van der Waals surface area contributed by atoms with Gasteiger partial charge in [0.25, 0.3) is 0 Å². The van der Waals surface area contributed by atoms with Gasteiger partial charge in [-0.25, -0.2) is 9.97 Å². The molecule has 3 rings (SSSR count). The van der Waals surface area contributed by atoms with Crippen LogP contribution >= 0.6 is 34.7 Å². The van der Waals surface area contributed by atoms with Crippen LogP contribution in [0.4, 0.5) is 5.82 Å². The highest BCUT2D eigenvalue weighted by molar-refractivity contribution is 7.99. The van der Waals surface area contributed by atoms with Crippen LogP contribution in [0.2, 0.25) is 5.02 Å². The number of hydrogen-bond acceptors (Lipinski definition) is 6. The third kappa shape index (κ3) is 5.72. The van der Waals surface area contributed by atoms with E-state index in [2.05, 4.69) is 20.6 Å². The number of nitrogens with one attached hydrogen (secondary N) is 2. The number of benzene rings is 1. The Bertz CT molecular complexity index is 858.